The van der Waals surface area contributed by atoms with Crippen molar-refractivity contribution in [3.8, 4) is 5.88 Å². The van der Waals surface area contributed by atoms with E-state index in [0.717, 1.165) is 25.9 Å². The molecule has 0 amide bonds. The van der Waals surface area contributed by atoms with Crippen molar-refractivity contribution in [1.29, 1.82) is 0 Å². The number of rotatable bonds is 4. The molecule has 0 radical (unpaired) electrons. The molecule has 0 spiro atoms. The van der Waals surface area contributed by atoms with E-state index in [2.05, 4.69) is 10.4 Å². The van der Waals surface area contributed by atoms with E-state index in [9.17, 15) is 4.39 Å². The molecular weight excluding hydrogens is 293 g/mol. The second-order valence-electron chi connectivity index (χ2n) is 5.12. The zero-order valence-corrected chi connectivity index (χ0v) is 12.3. The van der Waals surface area contributed by atoms with E-state index < -0.39 is 0 Å². The van der Waals surface area contributed by atoms with Crippen LogP contribution in [-0.4, -0.2) is 22.9 Å². The average molecular weight is 310 g/mol. The molecule has 4 nitrogen and oxygen atoms in total. The molecule has 0 bridgehead atoms. The number of nitrogens with one attached hydrogen (secondary N) is 1. The molecule has 3 rings (SSSR count). The van der Waals surface area contributed by atoms with Gasteiger partial charge in [0.15, 0.2) is 0 Å². The quantitative estimate of drug-likeness (QED) is 0.943. The molecule has 2 aromatic rings. The van der Waals surface area contributed by atoms with Gasteiger partial charge in [-0.05, 0) is 38.1 Å². The lowest BCUT2D eigenvalue weighted by Crippen LogP contribution is -2.30. The van der Waals surface area contributed by atoms with Gasteiger partial charge in [-0.2, -0.15) is 5.10 Å². The number of benzene rings is 1. The van der Waals surface area contributed by atoms with Gasteiger partial charge in [-0.3, -0.25) is 0 Å². The zero-order valence-electron chi connectivity index (χ0n) is 11.6. The molecule has 1 aliphatic heterocycles. The van der Waals surface area contributed by atoms with Gasteiger partial charge in [0.1, 0.15) is 12.4 Å². The van der Waals surface area contributed by atoms with Crippen LogP contribution in [0.5, 0.6) is 5.88 Å². The Morgan fingerprint density at radius 3 is 2.90 bits per heavy atom. The molecule has 1 N–H and O–H groups in total. The molecule has 0 saturated carbocycles. The minimum atomic E-state index is -0.351. The van der Waals surface area contributed by atoms with Crippen LogP contribution in [0.25, 0.3) is 0 Å². The van der Waals surface area contributed by atoms with Crippen molar-refractivity contribution in [3.05, 3.63) is 46.9 Å². The number of piperidine rings is 1. The van der Waals surface area contributed by atoms with E-state index >= 15 is 0 Å². The Bertz CT molecular complexity index is 611. The van der Waals surface area contributed by atoms with E-state index in [-0.39, 0.29) is 12.4 Å². The fraction of sp³-hybridized carbons (Fsp3) is 0.400. The van der Waals surface area contributed by atoms with Crippen LogP contribution in [0.4, 0.5) is 4.39 Å². The Morgan fingerprint density at radius 1 is 1.33 bits per heavy atom. The predicted octanol–water partition coefficient (Wildman–Crippen LogP) is 3.18. The normalized spacial score (nSPS) is 16.1. The first-order valence-corrected chi connectivity index (χ1v) is 7.43. The monoisotopic (exact) mass is 309 g/mol. The third-order valence-electron chi connectivity index (χ3n) is 3.68. The summed E-state index contributed by atoms with van der Waals surface area (Å²) in [6.07, 6.45) is 3.76. The fourth-order valence-electron chi connectivity index (χ4n) is 2.53. The highest BCUT2D eigenvalue weighted by Crippen LogP contribution is 2.25. The second kappa shape index (κ2) is 6.45. The van der Waals surface area contributed by atoms with E-state index in [1.54, 1.807) is 18.3 Å². The van der Waals surface area contributed by atoms with Gasteiger partial charge in [0.25, 0.3) is 0 Å². The minimum absolute atomic E-state index is 0.166. The predicted molar refractivity (Wildman–Crippen MR) is 79.1 cm³/mol. The molecule has 112 valence electrons. The first-order valence-electron chi connectivity index (χ1n) is 7.05. The molecular formula is C15H17ClFN3O. The fourth-order valence-corrected chi connectivity index (χ4v) is 2.69. The summed E-state index contributed by atoms with van der Waals surface area (Å²) in [5, 5.41) is 8.05. The molecule has 0 unspecified atom stereocenters. The highest BCUT2D eigenvalue weighted by Gasteiger charge is 2.18. The van der Waals surface area contributed by atoms with Crippen LogP contribution in [0.1, 0.15) is 24.4 Å². The molecule has 21 heavy (non-hydrogen) atoms. The Balaban J connectivity index is 1.69. The van der Waals surface area contributed by atoms with Crippen LogP contribution < -0.4 is 10.1 Å². The van der Waals surface area contributed by atoms with Gasteiger partial charge in [-0.25, -0.2) is 9.07 Å². The van der Waals surface area contributed by atoms with Crippen LogP contribution in [0.15, 0.2) is 30.5 Å². The summed E-state index contributed by atoms with van der Waals surface area (Å²) in [6, 6.07) is 6.75. The first-order chi connectivity index (χ1) is 10.2. The number of nitrogens with zero attached hydrogens (tertiary/aromatic N) is 2. The molecule has 1 aromatic carbocycles. The highest BCUT2D eigenvalue weighted by molar-refractivity contribution is 6.30. The standard InChI is InChI=1S/C15H17ClFN3O/c16-12-2-1-11(14(17)9-12)10-21-15-5-8-19-20(15)13-3-6-18-7-4-13/h1-2,5,8-9,13,18H,3-4,6-7,10H2. The molecule has 2 heterocycles. The molecule has 1 aliphatic rings. The van der Waals surface area contributed by atoms with E-state index in [1.807, 2.05) is 10.7 Å². The Labute approximate surface area is 127 Å². The third kappa shape index (κ3) is 3.36. The summed E-state index contributed by atoms with van der Waals surface area (Å²) >= 11 is 5.74. The number of aromatic nitrogens is 2. The summed E-state index contributed by atoms with van der Waals surface area (Å²) in [5.74, 6) is 0.326. The molecule has 1 saturated heterocycles. The van der Waals surface area contributed by atoms with Crippen LogP contribution in [0.3, 0.4) is 0 Å². The summed E-state index contributed by atoms with van der Waals surface area (Å²) in [5.41, 5.74) is 0.484. The van der Waals surface area contributed by atoms with Gasteiger partial charge < -0.3 is 10.1 Å². The van der Waals surface area contributed by atoms with Crippen LogP contribution in [-0.2, 0) is 6.61 Å². The number of hydrogen-bond donors (Lipinski definition) is 1. The maximum atomic E-state index is 13.7. The summed E-state index contributed by atoms with van der Waals surface area (Å²) in [6.45, 7) is 2.13. The van der Waals surface area contributed by atoms with Crippen molar-refractivity contribution in [3.63, 3.8) is 0 Å². The Kier molecular flexibility index (Phi) is 4.41. The van der Waals surface area contributed by atoms with Gasteiger partial charge in [0.2, 0.25) is 5.88 Å². The zero-order chi connectivity index (χ0) is 14.7. The van der Waals surface area contributed by atoms with E-state index in [1.165, 1.54) is 6.07 Å². The van der Waals surface area contributed by atoms with Crippen molar-refractivity contribution in [2.45, 2.75) is 25.5 Å². The Morgan fingerprint density at radius 2 is 2.14 bits per heavy atom. The van der Waals surface area contributed by atoms with Crippen molar-refractivity contribution in [1.82, 2.24) is 15.1 Å². The van der Waals surface area contributed by atoms with Crippen LogP contribution in [0, 0.1) is 5.82 Å². The third-order valence-corrected chi connectivity index (χ3v) is 3.91. The molecule has 0 aliphatic carbocycles. The highest BCUT2D eigenvalue weighted by atomic mass is 35.5. The second-order valence-corrected chi connectivity index (χ2v) is 5.56. The summed E-state index contributed by atoms with van der Waals surface area (Å²) in [4.78, 5) is 0. The maximum absolute atomic E-state index is 13.7. The number of halogens is 2. The lowest BCUT2D eigenvalue weighted by atomic mass is 10.1. The number of ether oxygens (including phenoxy) is 1. The van der Waals surface area contributed by atoms with Gasteiger partial charge in [-0.15, -0.1) is 0 Å². The molecule has 0 atom stereocenters. The topological polar surface area (TPSA) is 39.1 Å². The molecule has 6 heteroatoms. The smallest absolute Gasteiger partial charge is 0.212 e. The Hall–Kier alpha value is -1.59. The van der Waals surface area contributed by atoms with Crippen molar-refractivity contribution >= 4 is 11.6 Å². The average Bonchev–Trinajstić information content (AvgIpc) is 2.96. The summed E-state index contributed by atoms with van der Waals surface area (Å²) in [7, 11) is 0. The first kappa shape index (κ1) is 14.4. The van der Waals surface area contributed by atoms with Gasteiger partial charge in [-0.1, -0.05) is 17.7 Å². The largest absolute Gasteiger partial charge is 0.473 e. The van der Waals surface area contributed by atoms with Crippen LogP contribution >= 0.6 is 11.6 Å². The van der Waals surface area contributed by atoms with Gasteiger partial charge in [0, 0.05) is 16.7 Å². The van der Waals surface area contributed by atoms with Crippen LogP contribution in [0.2, 0.25) is 5.02 Å². The van der Waals surface area contributed by atoms with E-state index in [0.29, 0.717) is 22.5 Å². The minimum Gasteiger partial charge on any atom is -0.473 e. The summed E-state index contributed by atoms with van der Waals surface area (Å²) < 4.78 is 21.4. The van der Waals surface area contributed by atoms with Crippen molar-refractivity contribution < 1.29 is 9.13 Å². The lowest BCUT2D eigenvalue weighted by molar-refractivity contribution is 0.239. The van der Waals surface area contributed by atoms with E-state index in [4.69, 9.17) is 16.3 Å². The van der Waals surface area contributed by atoms with Gasteiger partial charge in [0.05, 0.1) is 12.2 Å². The maximum Gasteiger partial charge on any atom is 0.212 e. The molecule has 1 aromatic heterocycles. The van der Waals surface area contributed by atoms with Crippen molar-refractivity contribution in [2.75, 3.05) is 13.1 Å². The lowest BCUT2D eigenvalue weighted by Gasteiger charge is -2.24. The molecule has 1 fully saturated rings. The number of hydrogen-bond acceptors (Lipinski definition) is 3. The van der Waals surface area contributed by atoms with Crippen molar-refractivity contribution in [2.24, 2.45) is 0 Å². The SMILES string of the molecule is Fc1cc(Cl)ccc1COc1ccnn1C1CCNCC1. The van der Waals surface area contributed by atoms with Gasteiger partial charge >= 0.3 is 0 Å².